The maximum atomic E-state index is 9.69. The highest BCUT2D eigenvalue weighted by molar-refractivity contribution is 7.15. The molecule has 1 aromatic rings. The minimum atomic E-state index is -0.278. The number of nitrogens with zero attached hydrogens (tertiary/aromatic N) is 2. The van der Waals surface area contributed by atoms with Crippen LogP contribution in [0.25, 0.3) is 0 Å². The zero-order chi connectivity index (χ0) is 13.5. The Kier molecular flexibility index (Phi) is 6.60. The minimum absolute atomic E-state index is 0.278. The first-order valence-corrected chi connectivity index (χ1v) is 7.48. The standard InChI is InChI=1S/C13H25N3OS/c1-5-16(6-2)13-15-8-11(18-13)7-14-9-12(17)10(3)4/h8,10,12,14,17H,5-7,9H2,1-4H3. The van der Waals surface area contributed by atoms with Gasteiger partial charge in [-0.2, -0.15) is 0 Å². The van der Waals surface area contributed by atoms with Crippen molar-refractivity contribution in [2.45, 2.75) is 40.3 Å². The van der Waals surface area contributed by atoms with E-state index in [4.69, 9.17) is 0 Å². The van der Waals surface area contributed by atoms with E-state index in [1.54, 1.807) is 11.3 Å². The zero-order valence-electron chi connectivity index (χ0n) is 11.8. The molecule has 1 heterocycles. The molecule has 18 heavy (non-hydrogen) atoms. The van der Waals surface area contributed by atoms with Crippen LogP contribution in [-0.4, -0.2) is 35.8 Å². The second-order valence-electron chi connectivity index (χ2n) is 4.72. The molecule has 0 aromatic carbocycles. The van der Waals surface area contributed by atoms with Gasteiger partial charge in [0.25, 0.3) is 0 Å². The Labute approximate surface area is 114 Å². The fraction of sp³-hybridized carbons (Fsp3) is 0.769. The summed E-state index contributed by atoms with van der Waals surface area (Å²) in [7, 11) is 0. The van der Waals surface area contributed by atoms with E-state index >= 15 is 0 Å². The third-order valence-electron chi connectivity index (χ3n) is 3.00. The average molecular weight is 271 g/mol. The lowest BCUT2D eigenvalue weighted by molar-refractivity contribution is 0.123. The summed E-state index contributed by atoms with van der Waals surface area (Å²) >= 11 is 1.72. The molecular formula is C13H25N3OS. The molecule has 0 spiro atoms. The minimum Gasteiger partial charge on any atom is -0.392 e. The van der Waals surface area contributed by atoms with Gasteiger partial charge in [0.2, 0.25) is 0 Å². The smallest absolute Gasteiger partial charge is 0.185 e. The first kappa shape index (κ1) is 15.4. The summed E-state index contributed by atoms with van der Waals surface area (Å²) in [5, 5.41) is 14.0. The molecule has 0 aliphatic heterocycles. The second-order valence-corrected chi connectivity index (χ2v) is 5.82. The van der Waals surface area contributed by atoms with Gasteiger partial charge < -0.3 is 15.3 Å². The molecule has 2 N–H and O–H groups in total. The highest BCUT2D eigenvalue weighted by atomic mass is 32.1. The first-order chi connectivity index (χ1) is 8.58. The van der Waals surface area contributed by atoms with Gasteiger partial charge in [-0.1, -0.05) is 13.8 Å². The number of aromatic nitrogens is 1. The number of rotatable bonds is 8. The summed E-state index contributed by atoms with van der Waals surface area (Å²) in [6.45, 7) is 11.7. The summed E-state index contributed by atoms with van der Waals surface area (Å²) in [4.78, 5) is 7.90. The summed E-state index contributed by atoms with van der Waals surface area (Å²) in [6, 6.07) is 0. The van der Waals surface area contributed by atoms with Crippen LogP contribution in [0.5, 0.6) is 0 Å². The van der Waals surface area contributed by atoms with E-state index in [1.165, 1.54) is 4.88 Å². The zero-order valence-corrected chi connectivity index (χ0v) is 12.6. The monoisotopic (exact) mass is 271 g/mol. The quantitative estimate of drug-likeness (QED) is 0.760. The Morgan fingerprint density at radius 1 is 1.39 bits per heavy atom. The molecule has 5 heteroatoms. The molecule has 0 fully saturated rings. The number of thiazole rings is 1. The van der Waals surface area contributed by atoms with Gasteiger partial charge in [-0.05, 0) is 19.8 Å². The molecule has 1 aromatic heterocycles. The van der Waals surface area contributed by atoms with Gasteiger partial charge in [0.1, 0.15) is 0 Å². The van der Waals surface area contributed by atoms with E-state index in [1.807, 2.05) is 20.0 Å². The highest BCUT2D eigenvalue weighted by Crippen LogP contribution is 2.21. The van der Waals surface area contributed by atoms with E-state index in [2.05, 4.69) is 29.0 Å². The van der Waals surface area contributed by atoms with Gasteiger partial charge in [-0.3, -0.25) is 0 Å². The normalized spacial score (nSPS) is 13.0. The molecule has 0 saturated carbocycles. The number of hydrogen-bond acceptors (Lipinski definition) is 5. The van der Waals surface area contributed by atoms with Crippen molar-refractivity contribution in [2.75, 3.05) is 24.5 Å². The molecule has 0 bridgehead atoms. The summed E-state index contributed by atoms with van der Waals surface area (Å²) in [6.07, 6.45) is 1.65. The predicted molar refractivity (Wildman–Crippen MR) is 78.2 cm³/mol. The lowest BCUT2D eigenvalue weighted by Gasteiger charge is -2.16. The van der Waals surface area contributed by atoms with Gasteiger partial charge in [-0.25, -0.2) is 4.98 Å². The molecular weight excluding hydrogens is 246 g/mol. The van der Waals surface area contributed by atoms with Crippen LogP contribution in [0.1, 0.15) is 32.6 Å². The Balaban J connectivity index is 2.40. The van der Waals surface area contributed by atoms with Crippen LogP contribution in [0.4, 0.5) is 5.13 Å². The van der Waals surface area contributed by atoms with E-state index in [0.717, 1.165) is 24.8 Å². The van der Waals surface area contributed by atoms with Crippen LogP contribution in [-0.2, 0) is 6.54 Å². The average Bonchev–Trinajstić information content (AvgIpc) is 2.79. The van der Waals surface area contributed by atoms with Crippen molar-refractivity contribution in [3.63, 3.8) is 0 Å². The van der Waals surface area contributed by atoms with Gasteiger partial charge in [0.05, 0.1) is 6.10 Å². The predicted octanol–water partition coefficient (Wildman–Crippen LogP) is 2.10. The molecule has 0 amide bonds. The van der Waals surface area contributed by atoms with Crippen molar-refractivity contribution in [1.29, 1.82) is 0 Å². The Morgan fingerprint density at radius 3 is 2.61 bits per heavy atom. The van der Waals surface area contributed by atoms with Crippen molar-refractivity contribution in [2.24, 2.45) is 5.92 Å². The molecule has 4 nitrogen and oxygen atoms in total. The lowest BCUT2D eigenvalue weighted by Crippen LogP contribution is -2.29. The van der Waals surface area contributed by atoms with Gasteiger partial charge in [0.15, 0.2) is 5.13 Å². The third kappa shape index (κ3) is 4.55. The molecule has 0 aliphatic carbocycles. The molecule has 1 rings (SSSR count). The molecule has 1 atom stereocenters. The van der Waals surface area contributed by atoms with Crippen LogP contribution in [0.15, 0.2) is 6.20 Å². The maximum Gasteiger partial charge on any atom is 0.185 e. The van der Waals surface area contributed by atoms with E-state index in [0.29, 0.717) is 12.5 Å². The van der Waals surface area contributed by atoms with Crippen molar-refractivity contribution >= 4 is 16.5 Å². The van der Waals surface area contributed by atoms with Gasteiger partial charge in [0, 0.05) is 37.3 Å². The number of hydrogen-bond donors (Lipinski definition) is 2. The van der Waals surface area contributed by atoms with E-state index in [9.17, 15) is 5.11 Å². The number of anilines is 1. The fourth-order valence-corrected chi connectivity index (χ4v) is 2.61. The largest absolute Gasteiger partial charge is 0.392 e. The second kappa shape index (κ2) is 7.71. The molecule has 104 valence electrons. The number of nitrogens with one attached hydrogen (secondary N) is 1. The summed E-state index contributed by atoms with van der Waals surface area (Å²) < 4.78 is 0. The molecule has 0 radical (unpaired) electrons. The Bertz CT molecular complexity index is 337. The molecule has 0 aliphatic rings. The van der Waals surface area contributed by atoms with Gasteiger partial charge in [-0.15, -0.1) is 11.3 Å². The van der Waals surface area contributed by atoms with Gasteiger partial charge >= 0.3 is 0 Å². The summed E-state index contributed by atoms with van der Waals surface area (Å²) in [5.41, 5.74) is 0. The highest BCUT2D eigenvalue weighted by Gasteiger charge is 2.10. The summed E-state index contributed by atoms with van der Waals surface area (Å²) in [5.74, 6) is 0.296. The Hall–Kier alpha value is -0.650. The fourth-order valence-electron chi connectivity index (χ4n) is 1.60. The van der Waals surface area contributed by atoms with E-state index in [-0.39, 0.29) is 6.10 Å². The van der Waals surface area contributed by atoms with Crippen molar-refractivity contribution in [1.82, 2.24) is 10.3 Å². The SMILES string of the molecule is CCN(CC)c1ncc(CNCC(O)C(C)C)s1. The van der Waals surface area contributed by atoms with Crippen molar-refractivity contribution in [3.8, 4) is 0 Å². The van der Waals surface area contributed by atoms with Crippen LogP contribution in [0.3, 0.4) is 0 Å². The molecule has 1 unspecified atom stereocenters. The number of aliphatic hydroxyl groups excluding tert-OH is 1. The van der Waals surface area contributed by atoms with Crippen LogP contribution in [0, 0.1) is 5.92 Å². The van der Waals surface area contributed by atoms with Crippen LogP contribution >= 0.6 is 11.3 Å². The van der Waals surface area contributed by atoms with Crippen molar-refractivity contribution < 1.29 is 5.11 Å². The number of aliphatic hydroxyl groups is 1. The third-order valence-corrected chi connectivity index (χ3v) is 4.06. The lowest BCUT2D eigenvalue weighted by atomic mass is 10.1. The maximum absolute atomic E-state index is 9.69. The van der Waals surface area contributed by atoms with Crippen LogP contribution in [0.2, 0.25) is 0 Å². The molecule has 0 saturated heterocycles. The Morgan fingerprint density at radius 2 is 2.06 bits per heavy atom. The first-order valence-electron chi connectivity index (χ1n) is 6.66. The van der Waals surface area contributed by atoms with Crippen molar-refractivity contribution in [3.05, 3.63) is 11.1 Å². The topological polar surface area (TPSA) is 48.4 Å². The van der Waals surface area contributed by atoms with Crippen LogP contribution < -0.4 is 10.2 Å². The van der Waals surface area contributed by atoms with E-state index < -0.39 is 0 Å².